The van der Waals surface area contributed by atoms with Crippen LogP contribution in [0.15, 0.2) is 0 Å². The maximum atomic E-state index is 3.62. The standard InChI is InChI=1S/C17H34N2/c1-4-10-18-13-16-7-8-17(16)19-11-5-6-15(9-12-19)14(2)3/h14-18H,4-13H2,1-3H3. The zero-order valence-corrected chi connectivity index (χ0v) is 13.3. The van der Waals surface area contributed by atoms with Gasteiger partial charge < -0.3 is 10.2 Å². The molecule has 19 heavy (non-hydrogen) atoms. The molecule has 1 heterocycles. The quantitative estimate of drug-likeness (QED) is 0.740. The van der Waals surface area contributed by atoms with Gasteiger partial charge in [0.1, 0.15) is 0 Å². The lowest BCUT2D eigenvalue weighted by atomic mass is 9.78. The molecule has 1 saturated carbocycles. The Balaban J connectivity index is 1.75. The zero-order valence-electron chi connectivity index (χ0n) is 13.3. The van der Waals surface area contributed by atoms with Crippen molar-refractivity contribution in [2.75, 3.05) is 26.2 Å². The van der Waals surface area contributed by atoms with Crippen molar-refractivity contribution in [3.63, 3.8) is 0 Å². The Morgan fingerprint density at radius 2 is 1.95 bits per heavy atom. The fourth-order valence-corrected chi connectivity index (χ4v) is 3.88. The van der Waals surface area contributed by atoms with Gasteiger partial charge in [-0.1, -0.05) is 20.8 Å². The van der Waals surface area contributed by atoms with E-state index in [1.54, 1.807) is 0 Å². The molecule has 0 radical (unpaired) electrons. The second-order valence-corrected chi connectivity index (χ2v) is 7.08. The Hall–Kier alpha value is -0.0800. The summed E-state index contributed by atoms with van der Waals surface area (Å²) in [4.78, 5) is 2.82. The van der Waals surface area contributed by atoms with E-state index in [4.69, 9.17) is 0 Å². The minimum Gasteiger partial charge on any atom is -0.316 e. The summed E-state index contributed by atoms with van der Waals surface area (Å²) < 4.78 is 0. The van der Waals surface area contributed by atoms with Gasteiger partial charge in [-0.05, 0) is 82.5 Å². The highest BCUT2D eigenvalue weighted by atomic mass is 15.2. The van der Waals surface area contributed by atoms with Gasteiger partial charge >= 0.3 is 0 Å². The Morgan fingerprint density at radius 3 is 2.58 bits per heavy atom. The van der Waals surface area contributed by atoms with Crippen LogP contribution in [0.4, 0.5) is 0 Å². The van der Waals surface area contributed by atoms with Crippen LogP contribution in [0.5, 0.6) is 0 Å². The van der Waals surface area contributed by atoms with E-state index in [0.717, 1.165) is 23.8 Å². The van der Waals surface area contributed by atoms with Crippen LogP contribution in [0, 0.1) is 17.8 Å². The molecule has 3 unspecified atom stereocenters. The van der Waals surface area contributed by atoms with Gasteiger partial charge in [0.05, 0.1) is 0 Å². The Bertz CT molecular complexity index is 252. The first-order valence-corrected chi connectivity index (χ1v) is 8.67. The highest BCUT2D eigenvalue weighted by molar-refractivity contribution is 4.91. The summed E-state index contributed by atoms with van der Waals surface area (Å²) in [6, 6.07) is 0.898. The second-order valence-electron chi connectivity index (χ2n) is 7.08. The molecule has 0 aromatic heterocycles. The minimum atomic E-state index is 0.878. The van der Waals surface area contributed by atoms with Crippen LogP contribution >= 0.6 is 0 Å². The molecule has 1 aliphatic heterocycles. The van der Waals surface area contributed by atoms with E-state index in [-0.39, 0.29) is 0 Å². The van der Waals surface area contributed by atoms with Crippen molar-refractivity contribution in [3.05, 3.63) is 0 Å². The monoisotopic (exact) mass is 266 g/mol. The fraction of sp³-hybridized carbons (Fsp3) is 1.00. The smallest absolute Gasteiger partial charge is 0.0136 e. The van der Waals surface area contributed by atoms with Gasteiger partial charge in [0.15, 0.2) is 0 Å². The second kappa shape index (κ2) is 7.64. The van der Waals surface area contributed by atoms with E-state index in [0.29, 0.717) is 0 Å². The van der Waals surface area contributed by atoms with Crippen molar-refractivity contribution in [3.8, 4) is 0 Å². The Morgan fingerprint density at radius 1 is 1.11 bits per heavy atom. The lowest BCUT2D eigenvalue weighted by Gasteiger charge is -2.44. The summed E-state index contributed by atoms with van der Waals surface area (Å²) in [7, 11) is 0. The van der Waals surface area contributed by atoms with Crippen LogP contribution in [-0.2, 0) is 0 Å². The molecule has 2 nitrogen and oxygen atoms in total. The molecule has 0 aromatic rings. The third kappa shape index (κ3) is 4.19. The number of hydrogen-bond acceptors (Lipinski definition) is 2. The largest absolute Gasteiger partial charge is 0.316 e. The molecule has 0 spiro atoms. The third-order valence-corrected chi connectivity index (χ3v) is 5.43. The van der Waals surface area contributed by atoms with Crippen LogP contribution in [0.3, 0.4) is 0 Å². The van der Waals surface area contributed by atoms with E-state index < -0.39 is 0 Å². The van der Waals surface area contributed by atoms with Gasteiger partial charge in [-0.3, -0.25) is 0 Å². The van der Waals surface area contributed by atoms with Crippen molar-refractivity contribution in [2.24, 2.45) is 17.8 Å². The van der Waals surface area contributed by atoms with Crippen molar-refractivity contribution >= 4 is 0 Å². The van der Waals surface area contributed by atoms with Gasteiger partial charge in [-0.15, -0.1) is 0 Å². The Labute approximate surface area is 120 Å². The molecule has 2 heteroatoms. The lowest BCUT2D eigenvalue weighted by molar-refractivity contribution is 0.0633. The first-order valence-electron chi connectivity index (χ1n) is 8.67. The molecule has 2 rings (SSSR count). The first kappa shape index (κ1) is 15.3. The van der Waals surface area contributed by atoms with E-state index in [1.165, 1.54) is 64.7 Å². The van der Waals surface area contributed by atoms with Gasteiger partial charge in [-0.2, -0.15) is 0 Å². The highest BCUT2D eigenvalue weighted by Gasteiger charge is 2.35. The summed E-state index contributed by atoms with van der Waals surface area (Å²) in [6.07, 6.45) is 8.48. The molecule has 0 amide bonds. The fourth-order valence-electron chi connectivity index (χ4n) is 3.88. The van der Waals surface area contributed by atoms with Crippen molar-refractivity contribution in [1.29, 1.82) is 0 Å². The summed E-state index contributed by atoms with van der Waals surface area (Å²) >= 11 is 0. The van der Waals surface area contributed by atoms with E-state index in [1.807, 2.05) is 0 Å². The van der Waals surface area contributed by atoms with Crippen LogP contribution in [-0.4, -0.2) is 37.1 Å². The van der Waals surface area contributed by atoms with Gasteiger partial charge in [0.2, 0.25) is 0 Å². The average Bonchev–Trinajstić information content (AvgIpc) is 2.59. The number of hydrogen-bond donors (Lipinski definition) is 1. The molecule has 3 atom stereocenters. The highest BCUT2D eigenvalue weighted by Crippen LogP contribution is 2.34. The van der Waals surface area contributed by atoms with Crippen molar-refractivity contribution in [2.45, 2.75) is 65.3 Å². The molecular formula is C17H34N2. The molecule has 112 valence electrons. The lowest BCUT2D eigenvalue weighted by Crippen LogP contribution is -2.50. The molecule has 0 bridgehead atoms. The van der Waals surface area contributed by atoms with Crippen molar-refractivity contribution < 1.29 is 0 Å². The third-order valence-electron chi connectivity index (χ3n) is 5.43. The van der Waals surface area contributed by atoms with E-state index >= 15 is 0 Å². The number of nitrogens with zero attached hydrogens (tertiary/aromatic N) is 1. The summed E-state index contributed by atoms with van der Waals surface area (Å²) in [6.45, 7) is 12.2. The summed E-state index contributed by atoms with van der Waals surface area (Å²) in [5.41, 5.74) is 0. The molecule has 1 aliphatic carbocycles. The number of rotatable bonds is 6. The zero-order chi connectivity index (χ0) is 13.7. The molecule has 1 saturated heterocycles. The van der Waals surface area contributed by atoms with E-state index in [9.17, 15) is 0 Å². The van der Waals surface area contributed by atoms with E-state index in [2.05, 4.69) is 31.0 Å². The molecule has 0 aromatic carbocycles. The molecule has 1 N–H and O–H groups in total. The average molecular weight is 266 g/mol. The maximum absolute atomic E-state index is 3.62. The summed E-state index contributed by atoms with van der Waals surface area (Å²) in [5.74, 6) is 2.78. The van der Waals surface area contributed by atoms with Crippen LogP contribution in [0.1, 0.15) is 59.3 Å². The predicted molar refractivity (Wildman–Crippen MR) is 83.4 cm³/mol. The van der Waals surface area contributed by atoms with Crippen LogP contribution in [0.25, 0.3) is 0 Å². The number of nitrogens with one attached hydrogen (secondary N) is 1. The van der Waals surface area contributed by atoms with Crippen molar-refractivity contribution in [1.82, 2.24) is 10.2 Å². The molecule has 2 aliphatic rings. The van der Waals surface area contributed by atoms with Crippen LogP contribution < -0.4 is 5.32 Å². The summed E-state index contributed by atoms with van der Waals surface area (Å²) in [5, 5.41) is 3.62. The van der Waals surface area contributed by atoms with Crippen LogP contribution in [0.2, 0.25) is 0 Å². The number of likely N-dealkylation sites (tertiary alicyclic amines) is 1. The normalized spacial score (nSPS) is 33.2. The SMILES string of the molecule is CCCNCC1CCC1N1CCCC(C(C)C)CC1. The predicted octanol–water partition coefficient (Wildman–Crippen LogP) is 3.52. The Kier molecular flexibility index (Phi) is 6.15. The van der Waals surface area contributed by atoms with Gasteiger partial charge in [0.25, 0.3) is 0 Å². The maximum Gasteiger partial charge on any atom is 0.0136 e. The first-order chi connectivity index (χ1) is 9.22. The molecule has 2 fully saturated rings. The topological polar surface area (TPSA) is 15.3 Å². The molecular weight excluding hydrogens is 232 g/mol. The van der Waals surface area contributed by atoms with Gasteiger partial charge in [0, 0.05) is 6.04 Å². The minimum absolute atomic E-state index is 0.878. The van der Waals surface area contributed by atoms with Gasteiger partial charge in [-0.25, -0.2) is 0 Å².